The first kappa shape index (κ1) is 91.5. The summed E-state index contributed by atoms with van der Waals surface area (Å²) in [5, 5.41) is 56.7. The zero-order valence-corrected chi connectivity index (χ0v) is 65.0. The summed E-state index contributed by atoms with van der Waals surface area (Å²) < 4.78 is 65.7. The number of carboxylic acid groups (broad SMARTS) is 1. The maximum absolute atomic E-state index is 15.5. The summed E-state index contributed by atoms with van der Waals surface area (Å²) in [6.45, 7) is 10.2. The number of methoxy groups -OCH3 is 1. The number of nitrogens with zero attached hydrogens (tertiary/aromatic N) is 2. The number of likely N-dealkylation sites (tertiary alicyclic amines) is 1. The molecule has 2 fully saturated rings. The lowest BCUT2D eigenvalue weighted by atomic mass is 9.85. The molecule has 618 valence electrons. The number of piperidine rings is 1. The van der Waals surface area contributed by atoms with E-state index >= 15 is 9.00 Å². The number of rotatable bonds is 41. The van der Waals surface area contributed by atoms with Gasteiger partial charge in [-0.15, -0.1) is 0 Å². The summed E-state index contributed by atoms with van der Waals surface area (Å²) >= 11 is 1.58. The molecule has 4 aliphatic heterocycles. The van der Waals surface area contributed by atoms with Gasteiger partial charge in [-0.1, -0.05) is 34.1 Å². The molecule has 0 radical (unpaired) electrons. The maximum atomic E-state index is 15.5. The van der Waals surface area contributed by atoms with Crippen LogP contribution in [0.25, 0.3) is 10.9 Å². The van der Waals surface area contributed by atoms with Gasteiger partial charge in [-0.25, -0.2) is 0 Å². The Kier molecular flexibility index (Phi) is 40.4. The molecular weight excluding hydrogens is 1480 g/mol. The average Bonchev–Trinajstić information content (AvgIpc) is 1.61. The number of carbonyl (C=O) groups excluding carboxylic acids is 11. The number of aromatic amines is 1. The fraction of sp³-hybridized carbons (Fsp3) is 0.722. The summed E-state index contributed by atoms with van der Waals surface area (Å²) in [5.41, 5.74) is 6.77. The number of nitrogens with one attached hydrogen (secondary N) is 7. The minimum atomic E-state index is -2.43. The highest BCUT2D eigenvalue weighted by Crippen LogP contribution is 2.39. The van der Waals surface area contributed by atoms with Crippen LogP contribution >= 0.6 is 11.8 Å². The van der Waals surface area contributed by atoms with Crippen LogP contribution in [0.1, 0.15) is 96.6 Å². The Bertz CT molecular complexity index is 3400. The Morgan fingerprint density at radius 1 is 0.736 bits per heavy atom. The summed E-state index contributed by atoms with van der Waals surface area (Å²) in [6.07, 6.45) is -4.12. The van der Waals surface area contributed by atoms with E-state index in [2.05, 4.69) is 36.9 Å². The van der Waals surface area contributed by atoms with Gasteiger partial charge in [0, 0.05) is 91.6 Å². The van der Waals surface area contributed by atoms with Gasteiger partial charge < -0.3 is 115 Å². The number of aliphatic hydroxyl groups is 3. The fourth-order valence-corrected chi connectivity index (χ4v) is 15.5. The number of amides is 9. The predicted octanol–water partition coefficient (Wildman–Crippen LogP) is -2.46. The molecule has 1 aromatic carbocycles. The Labute approximate surface area is 645 Å². The quantitative estimate of drug-likeness (QED) is 0.0307. The average molecular weight is 1600 g/mol. The first-order chi connectivity index (χ1) is 52.7. The summed E-state index contributed by atoms with van der Waals surface area (Å²) in [7, 11) is -0.970. The molecule has 2 saturated heterocycles. The zero-order valence-electron chi connectivity index (χ0n) is 63.4. The van der Waals surface area contributed by atoms with E-state index in [0.29, 0.717) is 140 Å². The number of aromatic nitrogens is 1. The van der Waals surface area contributed by atoms with Gasteiger partial charge in [0.2, 0.25) is 53.2 Å². The number of benzene rings is 1. The van der Waals surface area contributed by atoms with Crippen molar-refractivity contribution in [1.29, 1.82) is 0 Å². The van der Waals surface area contributed by atoms with Crippen LogP contribution in [0.3, 0.4) is 0 Å². The van der Waals surface area contributed by atoms with Crippen molar-refractivity contribution in [2.24, 2.45) is 35.3 Å². The number of nitrogens with two attached hydrogens (primary N) is 1. The second-order valence-electron chi connectivity index (χ2n) is 27.5. The third-order valence-corrected chi connectivity index (χ3v) is 22.3. The van der Waals surface area contributed by atoms with Gasteiger partial charge in [-0.3, -0.25) is 61.7 Å². The highest BCUT2D eigenvalue weighted by molar-refractivity contribution is 7.99. The number of H-pyrrole nitrogens is 1. The standard InChI is InChI=1S/C72H112N10O26S2/c1-6-43(2)51-34-47(84)37-75-66(92)46-32-52-50-7-8-59(100-5)53(41-109-49-9-13-81(14-10-49)63(91)11-15-101-17-19-103-21-23-105-25-27-107-29-30-108-28-26-106-24-22-104-20-18-102-16-12-74-61(89)31-44(3)72(97)98)65(50)80-70(52)110(99)42-55(77-62(90)38-76-67(51)93)68(94)78-54(36-60(73)88)71(96)82-39-48(85)35-56(82)69(95)79-64(57(86)33-46)45(4)58(87)40-83/h7-8,43-46,48-49,51,54-56,58,64,80,83,85,87H,6,9-42H2,1-5H3,(H2,73,88)(H,74,89)(H,75,92)(H,76,93)(H,77,90)(H,78,94)(H,79,95)(H,97,98)/t43-,44?,45-,46+,48+,51-,54-,55-,56-,58-,64-,110?/m0/s1. The van der Waals surface area contributed by atoms with Crippen LogP contribution in [0.15, 0.2) is 17.2 Å². The van der Waals surface area contributed by atoms with Crippen LogP contribution in [0.5, 0.6) is 5.75 Å². The van der Waals surface area contributed by atoms with Gasteiger partial charge in [0.1, 0.15) is 28.9 Å². The van der Waals surface area contributed by atoms with Gasteiger partial charge >= 0.3 is 5.97 Å². The Morgan fingerprint density at radius 2 is 1.32 bits per heavy atom. The molecule has 5 heterocycles. The Morgan fingerprint density at radius 3 is 1.88 bits per heavy atom. The second kappa shape index (κ2) is 48.5. The molecule has 1 aromatic heterocycles. The van der Waals surface area contributed by atoms with Gasteiger partial charge in [-0.2, -0.15) is 11.8 Å². The number of ketones is 2. The molecule has 36 nitrogen and oxygen atoms in total. The summed E-state index contributed by atoms with van der Waals surface area (Å²) in [5.74, 6) is -14.9. The lowest BCUT2D eigenvalue weighted by Gasteiger charge is -2.32. The number of thioether (sulfide) groups is 1. The van der Waals surface area contributed by atoms with Crippen LogP contribution in [0.4, 0.5) is 0 Å². The van der Waals surface area contributed by atoms with Crippen LogP contribution in [0.2, 0.25) is 0 Å². The molecule has 110 heavy (non-hydrogen) atoms. The minimum Gasteiger partial charge on any atom is -0.496 e. The molecule has 13 N–H and O–H groups in total. The van der Waals surface area contributed by atoms with Crippen molar-refractivity contribution >= 4 is 104 Å². The number of primary amides is 1. The number of aliphatic carboxylic acids is 1. The van der Waals surface area contributed by atoms with Crippen LogP contribution in [-0.2, 0) is 118 Å². The molecule has 2 unspecified atom stereocenters. The molecule has 9 amide bonds. The molecule has 0 aliphatic carbocycles. The van der Waals surface area contributed by atoms with E-state index < -0.39 is 200 Å². The highest BCUT2D eigenvalue weighted by Gasteiger charge is 2.45. The van der Waals surface area contributed by atoms with Crippen molar-refractivity contribution in [3.05, 3.63) is 23.3 Å². The summed E-state index contributed by atoms with van der Waals surface area (Å²) in [4.78, 5) is 170. The van der Waals surface area contributed by atoms with Crippen molar-refractivity contribution in [3.8, 4) is 5.75 Å². The maximum Gasteiger partial charge on any atom is 0.306 e. The third-order valence-electron chi connectivity index (χ3n) is 19.4. The minimum absolute atomic E-state index is 0.0317. The fourth-order valence-electron chi connectivity index (χ4n) is 12.8. The number of carboxylic acids is 1. The van der Waals surface area contributed by atoms with E-state index in [1.54, 1.807) is 42.6 Å². The molecule has 2 aromatic rings. The molecule has 2 bridgehead atoms. The number of ether oxygens (including phenoxy) is 9. The highest BCUT2D eigenvalue weighted by atomic mass is 32.2. The van der Waals surface area contributed by atoms with Gasteiger partial charge in [0.15, 0.2) is 11.6 Å². The van der Waals surface area contributed by atoms with Gasteiger partial charge in [-0.05, 0) is 42.9 Å². The monoisotopic (exact) mass is 1600 g/mol. The van der Waals surface area contributed by atoms with E-state index in [4.69, 9.17) is 53.5 Å². The largest absolute Gasteiger partial charge is 0.496 e. The predicted molar refractivity (Wildman–Crippen MR) is 396 cm³/mol. The van der Waals surface area contributed by atoms with Crippen molar-refractivity contribution in [1.82, 2.24) is 46.7 Å². The zero-order chi connectivity index (χ0) is 80.2. The van der Waals surface area contributed by atoms with Crippen molar-refractivity contribution < 1.29 is 125 Å². The Hall–Kier alpha value is -7.34. The number of aliphatic hydroxyl groups excluding tert-OH is 3. The molecule has 4 aliphatic rings. The van der Waals surface area contributed by atoms with E-state index in [0.717, 1.165) is 4.90 Å². The van der Waals surface area contributed by atoms with Crippen LogP contribution in [0, 0.1) is 29.6 Å². The normalized spacial score (nSPS) is 22.9. The lowest BCUT2D eigenvalue weighted by Crippen LogP contribution is -2.60. The van der Waals surface area contributed by atoms with Crippen molar-refractivity contribution in [2.45, 2.75) is 144 Å². The smallest absolute Gasteiger partial charge is 0.306 e. The number of hydrogen-bond acceptors (Lipinski definition) is 26. The Balaban J connectivity index is 1.04. The van der Waals surface area contributed by atoms with Crippen LogP contribution in [-0.4, -0.2) is 316 Å². The van der Waals surface area contributed by atoms with Crippen molar-refractivity contribution in [3.63, 3.8) is 0 Å². The SMILES string of the molecule is CC[C@H](C)[C@@H]1CC(=O)CNC(=O)[C@H]2CC(=O)[C@H]([C@@H](C)[C@@H](O)CO)NC(=O)[C@@H]3C[C@@H](O)CN3C(=O)[C@H](CC(N)=O)NC(=O)[C@H](CS(=O)c3[nH]c4c(CSC5CCN(C(=O)CCOCCOCCOCCOCCOCCOCCOCCOCCNC(=O)CC(C)C(=O)O)CC5)c(OC)ccc4c3C2)NC(=O)CNC1=O. The third kappa shape index (κ3) is 30.0. The second-order valence-corrected chi connectivity index (χ2v) is 30.3. The number of carbonyl (C=O) groups is 12. The van der Waals surface area contributed by atoms with Crippen molar-refractivity contribution in [2.75, 3.05) is 164 Å². The first-order valence-electron chi connectivity index (χ1n) is 37.4. The molecule has 12 atom stereocenters. The molecule has 0 saturated carbocycles. The lowest BCUT2D eigenvalue weighted by molar-refractivity contribution is -0.144. The van der Waals surface area contributed by atoms with E-state index in [9.17, 15) is 68.1 Å². The van der Waals surface area contributed by atoms with Gasteiger partial charge in [0.25, 0.3) is 0 Å². The topological polar surface area (TPSA) is 506 Å². The van der Waals surface area contributed by atoms with E-state index in [-0.39, 0.29) is 72.6 Å². The molecular formula is C72H112N10O26S2. The summed E-state index contributed by atoms with van der Waals surface area (Å²) in [6, 6.07) is -3.67. The number of fused-ring (bicyclic) bond motifs is 5. The number of Topliss-reactive ketones (excluding diaryl/α,β-unsaturated/α-hetero) is 2. The van der Waals surface area contributed by atoms with Crippen LogP contribution < -0.4 is 42.4 Å². The molecule has 0 spiro atoms. The molecule has 6 rings (SSSR count). The van der Waals surface area contributed by atoms with E-state index in [1.807, 2.05) is 0 Å². The first-order valence-corrected chi connectivity index (χ1v) is 39.8. The number of hydrogen-bond donors (Lipinski definition) is 12. The van der Waals surface area contributed by atoms with E-state index in [1.165, 1.54) is 21.0 Å². The van der Waals surface area contributed by atoms with Gasteiger partial charge in [0.05, 0.1) is 192 Å². The molecule has 38 heteroatoms.